The zero-order chi connectivity index (χ0) is 13.0. The van der Waals surface area contributed by atoms with E-state index in [0.717, 1.165) is 0 Å². The van der Waals surface area contributed by atoms with Crippen molar-refractivity contribution in [2.45, 2.75) is 39.7 Å². The first kappa shape index (κ1) is 13.7. The number of nitrogens with two attached hydrogens (primary N) is 1. The molecular formula is C12H22N4O. The Morgan fingerprint density at radius 2 is 2.06 bits per heavy atom. The molecule has 0 aliphatic rings. The van der Waals surface area contributed by atoms with Gasteiger partial charge in [-0.25, -0.2) is 4.98 Å². The van der Waals surface area contributed by atoms with E-state index >= 15 is 0 Å². The van der Waals surface area contributed by atoms with Gasteiger partial charge < -0.3 is 16.0 Å². The number of hydrogen-bond acceptors (Lipinski definition) is 4. The van der Waals surface area contributed by atoms with Crippen molar-refractivity contribution in [2.24, 2.45) is 11.7 Å². The lowest BCUT2D eigenvalue weighted by Gasteiger charge is -2.21. The highest BCUT2D eigenvalue weighted by molar-refractivity contribution is 5.35. The highest BCUT2D eigenvalue weighted by Crippen LogP contribution is 2.11. The Morgan fingerprint density at radius 1 is 1.41 bits per heavy atom. The van der Waals surface area contributed by atoms with Gasteiger partial charge >= 0.3 is 0 Å². The van der Waals surface area contributed by atoms with E-state index < -0.39 is 0 Å². The Kier molecular flexibility index (Phi) is 4.69. The van der Waals surface area contributed by atoms with Crippen molar-refractivity contribution in [3.05, 3.63) is 22.2 Å². The maximum Gasteiger partial charge on any atom is 0.252 e. The van der Waals surface area contributed by atoms with Crippen LogP contribution in [-0.2, 0) is 0 Å². The summed E-state index contributed by atoms with van der Waals surface area (Å²) in [6.45, 7) is 8.67. The van der Waals surface area contributed by atoms with Crippen LogP contribution in [0.1, 0.15) is 39.4 Å². The highest BCUT2D eigenvalue weighted by atomic mass is 16.1. The lowest BCUT2D eigenvalue weighted by atomic mass is 10.1. The maximum absolute atomic E-state index is 11.5. The molecule has 1 rings (SSSR count). The van der Waals surface area contributed by atoms with E-state index in [4.69, 9.17) is 5.73 Å². The molecule has 0 fully saturated rings. The first-order chi connectivity index (χ1) is 7.93. The Hall–Kier alpha value is -1.36. The molecule has 0 aromatic carbocycles. The van der Waals surface area contributed by atoms with Crippen LogP contribution in [0.15, 0.2) is 10.9 Å². The molecule has 1 aromatic rings. The van der Waals surface area contributed by atoms with E-state index in [1.54, 1.807) is 0 Å². The van der Waals surface area contributed by atoms with Crippen molar-refractivity contribution in [3.63, 3.8) is 0 Å². The fraction of sp³-hybridized carbons (Fsp3) is 0.667. The first-order valence-electron chi connectivity index (χ1n) is 6.02. The number of hydrogen-bond donors (Lipinski definition) is 3. The molecule has 5 nitrogen and oxygen atoms in total. The van der Waals surface area contributed by atoms with Gasteiger partial charge in [-0.1, -0.05) is 27.7 Å². The molecule has 0 saturated carbocycles. The van der Waals surface area contributed by atoms with E-state index in [1.807, 2.05) is 13.8 Å². The van der Waals surface area contributed by atoms with Gasteiger partial charge in [0.15, 0.2) is 0 Å². The molecule has 4 N–H and O–H groups in total. The largest absolute Gasteiger partial charge is 0.366 e. The summed E-state index contributed by atoms with van der Waals surface area (Å²) >= 11 is 0. The van der Waals surface area contributed by atoms with Crippen LogP contribution in [0, 0.1) is 5.92 Å². The number of H-pyrrole nitrogens is 1. The van der Waals surface area contributed by atoms with Gasteiger partial charge in [-0.2, -0.15) is 0 Å². The van der Waals surface area contributed by atoms with Crippen LogP contribution >= 0.6 is 0 Å². The van der Waals surface area contributed by atoms with Crippen molar-refractivity contribution in [3.8, 4) is 0 Å². The Morgan fingerprint density at radius 3 is 2.53 bits per heavy atom. The molecule has 17 heavy (non-hydrogen) atoms. The molecule has 1 unspecified atom stereocenters. The van der Waals surface area contributed by atoms with E-state index in [1.165, 1.54) is 6.07 Å². The van der Waals surface area contributed by atoms with Crippen LogP contribution in [0.5, 0.6) is 0 Å². The number of nitrogens with zero attached hydrogens (tertiary/aromatic N) is 1. The summed E-state index contributed by atoms with van der Waals surface area (Å²) < 4.78 is 0. The van der Waals surface area contributed by atoms with Crippen molar-refractivity contribution in [2.75, 3.05) is 11.9 Å². The summed E-state index contributed by atoms with van der Waals surface area (Å²) in [6, 6.07) is 1.60. The summed E-state index contributed by atoms with van der Waals surface area (Å²) in [5.74, 6) is 1.88. The predicted molar refractivity (Wildman–Crippen MR) is 70.2 cm³/mol. The number of anilines is 1. The van der Waals surface area contributed by atoms with Gasteiger partial charge in [-0.15, -0.1) is 0 Å². The Labute approximate surface area is 102 Å². The standard InChI is InChI=1S/C12H22N4O/c1-7(2)9(6-13)14-10-5-11(17)16-12(15-10)8(3)4/h5,7-9H,6,13H2,1-4H3,(H2,14,15,16,17). The summed E-state index contributed by atoms with van der Waals surface area (Å²) in [4.78, 5) is 18.6. The zero-order valence-electron chi connectivity index (χ0n) is 10.9. The molecule has 1 aromatic heterocycles. The molecule has 1 heterocycles. The minimum absolute atomic E-state index is 0.129. The molecule has 1 atom stereocenters. The van der Waals surface area contributed by atoms with Gasteiger partial charge in [0, 0.05) is 24.6 Å². The highest BCUT2D eigenvalue weighted by Gasteiger charge is 2.13. The third-order valence-corrected chi connectivity index (χ3v) is 2.70. The second kappa shape index (κ2) is 5.82. The molecule has 0 bridgehead atoms. The smallest absolute Gasteiger partial charge is 0.252 e. The molecule has 0 spiro atoms. The minimum atomic E-state index is -0.134. The summed E-state index contributed by atoms with van der Waals surface area (Å²) in [6.07, 6.45) is 0. The molecule has 96 valence electrons. The van der Waals surface area contributed by atoms with Gasteiger partial charge in [0.25, 0.3) is 5.56 Å². The number of rotatable bonds is 5. The fourth-order valence-corrected chi connectivity index (χ4v) is 1.51. The lowest BCUT2D eigenvalue weighted by Crippen LogP contribution is -2.34. The molecule has 0 saturated heterocycles. The molecule has 0 aliphatic carbocycles. The molecule has 0 amide bonds. The van der Waals surface area contributed by atoms with Gasteiger partial charge in [0.1, 0.15) is 11.6 Å². The number of nitrogens with one attached hydrogen (secondary N) is 2. The molecular weight excluding hydrogens is 216 g/mol. The first-order valence-corrected chi connectivity index (χ1v) is 6.02. The van der Waals surface area contributed by atoms with Crippen LogP contribution in [0.4, 0.5) is 5.82 Å². The summed E-state index contributed by atoms with van der Waals surface area (Å²) in [5.41, 5.74) is 5.55. The van der Waals surface area contributed by atoms with E-state index in [0.29, 0.717) is 24.1 Å². The van der Waals surface area contributed by atoms with Crippen molar-refractivity contribution >= 4 is 5.82 Å². The second-order valence-electron chi connectivity index (χ2n) is 4.90. The van der Waals surface area contributed by atoms with Crippen LogP contribution in [0.3, 0.4) is 0 Å². The normalized spacial score (nSPS) is 13.1. The van der Waals surface area contributed by atoms with E-state index in [9.17, 15) is 4.79 Å². The molecule has 5 heteroatoms. The van der Waals surface area contributed by atoms with Gasteiger partial charge in [0.05, 0.1) is 0 Å². The van der Waals surface area contributed by atoms with E-state index in [2.05, 4.69) is 29.1 Å². The van der Waals surface area contributed by atoms with Gasteiger partial charge in [-0.3, -0.25) is 4.79 Å². The number of aromatic amines is 1. The van der Waals surface area contributed by atoms with Crippen LogP contribution < -0.4 is 16.6 Å². The monoisotopic (exact) mass is 238 g/mol. The number of aromatic nitrogens is 2. The summed E-state index contributed by atoms with van der Waals surface area (Å²) in [7, 11) is 0. The van der Waals surface area contributed by atoms with E-state index in [-0.39, 0.29) is 17.5 Å². The van der Waals surface area contributed by atoms with Gasteiger partial charge in [-0.05, 0) is 5.92 Å². The quantitative estimate of drug-likeness (QED) is 0.721. The predicted octanol–water partition coefficient (Wildman–Crippen LogP) is 1.29. The molecule has 0 radical (unpaired) electrons. The van der Waals surface area contributed by atoms with Crippen molar-refractivity contribution < 1.29 is 0 Å². The second-order valence-corrected chi connectivity index (χ2v) is 4.90. The third kappa shape index (κ3) is 3.85. The lowest BCUT2D eigenvalue weighted by molar-refractivity contribution is 0.529. The SMILES string of the molecule is CC(C)c1nc(NC(CN)C(C)C)cc(=O)[nH]1. The Bertz CT molecular complexity index is 411. The average molecular weight is 238 g/mol. The van der Waals surface area contributed by atoms with Crippen LogP contribution in [0.25, 0.3) is 0 Å². The summed E-state index contributed by atoms with van der Waals surface area (Å²) in [5, 5.41) is 3.21. The maximum atomic E-state index is 11.5. The van der Waals surface area contributed by atoms with Gasteiger partial charge in [0.2, 0.25) is 0 Å². The fourth-order valence-electron chi connectivity index (χ4n) is 1.51. The minimum Gasteiger partial charge on any atom is -0.366 e. The van der Waals surface area contributed by atoms with Crippen molar-refractivity contribution in [1.29, 1.82) is 0 Å². The topological polar surface area (TPSA) is 83.8 Å². The molecule has 0 aliphatic heterocycles. The third-order valence-electron chi connectivity index (χ3n) is 2.70. The zero-order valence-corrected chi connectivity index (χ0v) is 10.9. The average Bonchev–Trinajstić information content (AvgIpc) is 2.24. The Balaban J connectivity index is 2.94. The van der Waals surface area contributed by atoms with Crippen LogP contribution in [-0.4, -0.2) is 22.6 Å². The van der Waals surface area contributed by atoms with Crippen molar-refractivity contribution in [1.82, 2.24) is 9.97 Å². The van der Waals surface area contributed by atoms with Crippen LogP contribution in [0.2, 0.25) is 0 Å².